The van der Waals surface area contributed by atoms with Crippen LogP contribution >= 0.6 is 0 Å². The molecule has 0 aliphatic rings. The van der Waals surface area contributed by atoms with Crippen LogP contribution in [-0.2, 0) is 4.79 Å². The highest BCUT2D eigenvalue weighted by Gasteiger charge is 2.05. The van der Waals surface area contributed by atoms with Gasteiger partial charge in [0.2, 0.25) is 0 Å². The van der Waals surface area contributed by atoms with Crippen molar-refractivity contribution in [3.8, 4) is 0 Å². The highest BCUT2D eigenvalue weighted by molar-refractivity contribution is 5.78. The van der Waals surface area contributed by atoms with E-state index < -0.39 is 0 Å². The number of hydrogen-bond acceptors (Lipinski definition) is 2. The highest BCUT2D eigenvalue weighted by atomic mass is 16.1. The van der Waals surface area contributed by atoms with Gasteiger partial charge in [-0.3, -0.25) is 4.79 Å². The van der Waals surface area contributed by atoms with Crippen molar-refractivity contribution in [2.45, 2.75) is 143 Å². The molecule has 0 bridgehead atoms. The molecule has 0 fully saturated rings. The molecule has 0 aliphatic carbocycles. The Morgan fingerprint density at radius 2 is 1.00 bits per heavy atom. The van der Waals surface area contributed by atoms with Crippen LogP contribution in [0.25, 0.3) is 0 Å². The number of ketones is 1. The van der Waals surface area contributed by atoms with Gasteiger partial charge in [-0.15, -0.1) is 0 Å². The van der Waals surface area contributed by atoms with E-state index in [1.54, 1.807) is 0 Å². The third kappa shape index (κ3) is 22.1. The molecule has 0 aromatic carbocycles. The van der Waals surface area contributed by atoms with E-state index >= 15 is 0 Å². The predicted octanol–water partition coefficient (Wildman–Crippen LogP) is 8.89. The molecular formula is C28H55NO. The summed E-state index contributed by atoms with van der Waals surface area (Å²) < 4.78 is 0. The molecule has 178 valence electrons. The summed E-state index contributed by atoms with van der Waals surface area (Å²) in [7, 11) is 0. The Labute approximate surface area is 190 Å². The summed E-state index contributed by atoms with van der Waals surface area (Å²) in [5.41, 5.74) is 0. The Hall–Kier alpha value is -0.630. The van der Waals surface area contributed by atoms with Crippen molar-refractivity contribution in [3.05, 3.63) is 12.2 Å². The summed E-state index contributed by atoms with van der Waals surface area (Å²) in [5.74, 6) is 0.461. The average molecular weight is 422 g/mol. The minimum atomic E-state index is 0.461. The minimum Gasteiger partial charge on any atom is -0.303 e. The van der Waals surface area contributed by atoms with Gasteiger partial charge in [-0.2, -0.15) is 0 Å². The van der Waals surface area contributed by atoms with E-state index in [0.29, 0.717) is 5.78 Å². The van der Waals surface area contributed by atoms with Crippen LogP contribution in [0.4, 0.5) is 0 Å². The van der Waals surface area contributed by atoms with E-state index in [9.17, 15) is 4.79 Å². The third-order valence-corrected chi connectivity index (χ3v) is 6.32. The van der Waals surface area contributed by atoms with Gasteiger partial charge in [-0.05, 0) is 45.2 Å². The summed E-state index contributed by atoms with van der Waals surface area (Å²) in [6.45, 7) is 9.68. The first kappa shape index (κ1) is 29.4. The molecule has 0 unspecified atom stereocenters. The SMILES string of the molecule is CCCCCCCC/C=C\CCCCCCCCCCCC(=O)CCN(CC)CC. The number of carbonyl (C=O) groups excluding carboxylic acids is 1. The predicted molar refractivity (Wildman–Crippen MR) is 135 cm³/mol. The Morgan fingerprint density at radius 1 is 0.567 bits per heavy atom. The molecule has 2 nitrogen and oxygen atoms in total. The molecule has 0 saturated heterocycles. The van der Waals surface area contributed by atoms with Gasteiger partial charge in [0, 0.05) is 19.4 Å². The zero-order chi connectivity index (χ0) is 22.1. The number of nitrogens with zero attached hydrogens (tertiary/aromatic N) is 1. The van der Waals surface area contributed by atoms with Gasteiger partial charge >= 0.3 is 0 Å². The van der Waals surface area contributed by atoms with E-state index in [0.717, 1.165) is 38.9 Å². The first-order valence-electron chi connectivity index (χ1n) is 13.6. The fourth-order valence-corrected chi connectivity index (χ4v) is 4.05. The number of carbonyl (C=O) groups is 1. The van der Waals surface area contributed by atoms with E-state index in [1.807, 2.05) is 0 Å². The molecule has 0 aromatic rings. The van der Waals surface area contributed by atoms with Crippen LogP contribution in [0.1, 0.15) is 143 Å². The number of allylic oxidation sites excluding steroid dienone is 2. The highest BCUT2D eigenvalue weighted by Crippen LogP contribution is 2.12. The maximum absolute atomic E-state index is 11.9. The van der Waals surface area contributed by atoms with Gasteiger partial charge < -0.3 is 4.90 Å². The molecular weight excluding hydrogens is 366 g/mol. The summed E-state index contributed by atoms with van der Waals surface area (Å²) in [4.78, 5) is 14.3. The molecule has 0 N–H and O–H groups in total. The van der Waals surface area contributed by atoms with Crippen molar-refractivity contribution in [2.24, 2.45) is 0 Å². The topological polar surface area (TPSA) is 20.3 Å². The zero-order valence-corrected chi connectivity index (χ0v) is 21.1. The molecule has 0 aromatic heterocycles. The lowest BCUT2D eigenvalue weighted by molar-refractivity contribution is -0.119. The molecule has 2 heteroatoms. The Balaban J connectivity index is 3.22. The van der Waals surface area contributed by atoms with Crippen LogP contribution in [0.3, 0.4) is 0 Å². The second-order valence-electron chi connectivity index (χ2n) is 9.06. The molecule has 0 spiro atoms. The molecule has 30 heavy (non-hydrogen) atoms. The van der Waals surface area contributed by atoms with Gasteiger partial charge in [0.1, 0.15) is 5.78 Å². The smallest absolute Gasteiger partial charge is 0.134 e. The lowest BCUT2D eigenvalue weighted by Crippen LogP contribution is -2.25. The number of rotatable bonds is 24. The largest absolute Gasteiger partial charge is 0.303 e. The van der Waals surface area contributed by atoms with Gasteiger partial charge in [0.15, 0.2) is 0 Å². The Morgan fingerprint density at radius 3 is 1.47 bits per heavy atom. The van der Waals surface area contributed by atoms with Crippen molar-refractivity contribution >= 4 is 5.78 Å². The summed E-state index contributed by atoms with van der Waals surface area (Å²) in [5, 5.41) is 0. The second-order valence-corrected chi connectivity index (χ2v) is 9.06. The molecule has 0 atom stereocenters. The maximum Gasteiger partial charge on any atom is 0.134 e. The quantitative estimate of drug-likeness (QED) is 0.114. The third-order valence-electron chi connectivity index (χ3n) is 6.32. The molecule has 0 heterocycles. The Bertz CT molecular complexity index is 373. The van der Waals surface area contributed by atoms with Crippen molar-refractivity contribution in [3.63, 3.8) is 0 Å². The van der Waals surface area contributed by atoms with Crippen LogP contribution in [0.5, 0.6) is 0 Å². The van der Waals surface area contributed by atoms with Gasteiger partial charge in [-0.1, -0.05) is 110 Å². The first-order valence-corrected chi connectivity index (χ1v) is 13.6. The van der Waals surface area contributed by atoms with Crippen LogP contribution < -0.4 is 0 Å². The number of Topliss-reactive ketones (excluding diaryl/α,β-unsaturated/α-hetero) is 1. The van der Waals surface area contributed by atoms with Crippen molar-refractivity contribution < 1.29 is 4.79 Å². The Kier molecular flexibility index (Phi) is 24.1. The van der Waals surface area contributed by atoms with Crippen LogP contribution in [0.15, 0.2) is 12.2 Å². The minimum absolute atomic E-state index is 0.461. The number of unbranched alkanes of at least 4 members (excludes halogenated alkanes) is 15. The molecule has 0 aliphatic heterocycles. The molecule has 0 radical (unpaired) electrons. The lowest BCUT2D eigenvalue weighted by Gasteiger charge is -2.16. The second kappa shape index (κ2) is 24.6. The van der Waals surface area contributed by atoms with Crippen molar-refractivity contribution in [2.75, 3.05) is 19.6 Å². The van der Waals surface area contributed by atoms with Crippen molar-refractivity contribution in [1.29, 1.82) is 0 Å². The standard InChI is InChI=1S/C28H55NO/c1-4-7-8-9-10-11-12-13-14-15-16-17-18-19-20-21-22-23-24-25-28(30)26-27-29(5-2)6-3/h13-14H,4-12,15-27H2,1-3H3/b14-13-. The van der Waals surface area contributed by atoms with Crippen LogP contribution in [0.2, 0.25) is 0 Å². The fraction of sp³-hybridized carbons (Fsp3) is 0.893. The normalized spacial score (nSPS) is 11.7. The van der Waals surface area contributed by atoms with Crippen LogP contribution in [0, 0.1) is 0 Å². The summed E-state index contributed by atoms with van der Waals surface area (Å²) in [6.07, 6.45) is 29.3. The summed E-state index contributed by atoms with van der Waals surface area (Å²) in [6, 6.07) is 0. The van der Waals surface area contributed by atoms with E-state index in [-0.39, 0.29) is 0 Å². The lowest BCUT2D eigenvalue weighted by atomic mass is 10.0. The zero-order valence-electron chi connectivity index (χ0n) is 21.1. The summed E-state index contributed by atoms with van der Waals surface area (Å²) >= 11 is 0. The number of hydrogen-bond donors (Lipinski definition) is 0. The van der Waals surface area contributed by atoms with E-state index in [1.165, 1.54) is 103 Å². The molecule has 0 rings (SSSR count). The average Bonchev–Trinajstić information content (AvgIpc) is 2.76. The van der Waals surface area contributed by atoms with Gasteiger partial charge in [-0.25, -0.2) is 0 Å². The van der Waals surface area contributed by atoms with Gasteiger partial charge in [0.05, 0.1) is 0 Å². The first-order chi connectivity index (χ1) is 14.7. The fourth-order valence-electron chi connectivity index (χ4n) is 4.05. The monoisotopic (exact) mass is 421 g/mol. The maximum atomic E-state index is 11.9. The van der Waals surface area contributed by atoms with E-state index in [2.05, 4.69) is 37.8 Å². The molecule has 0 saturated carbocycles. The van der Waals surface area contributed by atoms with Gasteiger partial charge in [0.25, 0.3) is 0 Å². The van der Waals surface area contributed by atoms with Crippen molar-refractivity contribution in [1.82, 2.24) is 4.90 Å². The van der Waals surface area contributed by atoms with Crippen LogP contribution in [-0.4, -0.2) is 30.3 Å². The molecule has 0 amide bonds. The van der Waals surface area contributed by atoms with E-state index in [4.69, 9.17) is 0 Å².